The Bertz CT molecular complexity index is 552. The second-order valence-electron chi connectivity index (χ2n) is 5.41. The van der Waals surface area contributed by atoms with E-state index in [1.165, 1.54) is 7.11 Å². The van der Waals surface area contributed by atoms with Gasteiger partial charge in [0.15, 0.2) is 0 Å². The number of aromatic nitrogens is 1. The fraction of sp³-hybridized carbons (Fsp3) is 0.562. The Hall–Kier alpha value is -1.76. The summed E-state index contributed by atoms with van der Waals surface area (Å²) in [6.45, 7) is 5.84. The molecule has 2 rings (SSSR count). The summed E-state index contributed by atoms with van der Waals surface area (Å²) >= 11 is 1.64. The van der Waals surface area contributed by atoms with Crippen molar-refractivity contribution in [2.24, 2.45) is 0 Å². The van der Waals surface area contributed by atoms with Gasteiger partial charge in [0.25, 0.3) is 5.91 Å². The Kier molecular flexibility index (Phi) is 5.87. The van der Waals surface area contributed by atoms with Crippen LogP contribution in [0.5, 0.6) is 0 Å². The lowest BCUT2D eigenvalue weighted by Crippen LogP contribution is -2.55. The number of hydrogen-bond acceptors (Lipinski definition) is 6. The third-order valence-corrected chi connectivity index (χ3v) is 5.24. The zero-order chi connectivity index (χ0) is 16.9. The molecule has 1 N–H and O–H groups in total. The highest BCUT2D eigenvalue weighted by molar-refractivity contribution is 7.99. The molecule has 1 amide bonds. The maximum Gasteiger partial charge on any atom is 0.332 e. The van der Waals surface area contributed by atoms with Crippen LogP contribution in [0, 0.1) is 0 Å². The lowest BCUT2D eigenvalue weighted by atomic mass is 9.98. The normalized spacial score (nSPS) is 20.1. The fourth-order valence-corrected chi connectivity index (χ4v) is 3.94. The molecule has 1 aliphatic rings. The molecule has 1 aliphatic heterocycles. The highest BCUT2D eigenvalue weighted by atomic mass is 32.2. The van der Waals surface area contributed by atoms with Gasteiger partial charge in [-0.3, -0.25) is 4.79 Å². The van der Waals surface area contributed by atoms with Crippen LogP contribution in [-0.4, -0.2) is 54.1 Å². The van der Waals surface area contributed by atoms with E-state index in [0.717, 1.165) is 24.7 Å². The van der Waals surface area contributed by atoms with Crippen LogP contribution in [0.4, 0.5) is 5.82 Å². The predicted molar refractivity (Wildman–Crippen MR) is 92.0 cm³/mol. The van der Waals surface area contributed by atoms with Crippen LogP contribution in [0.3, 0.4) is 0 Å². The number of amides is 1. The zero-order valence-electron chi connectivity index (χ0n) is 13.8. The van der Waals surface area contributed by atoms with E-state index >= 15 is 0 Å². The van der Waals surface area contributed by atoms with E-state index in [0.29, 0.717) is 17.7 Å². The molecule has 126 valence electrons. The van der Waals surface area contributed by atoms with Crippen molar-refractivity contribution in [1.82, 2.24) is 10.3 Å². The van der Waals surface area contributed by atoms with Crippen molar-refractivity contribution in [3.63, 3.8) is 0 Å². The number of esters is 1. The molecule has 0 aliphatic carbocycles. The minimum absolute atomic E-state index is 0.295. The van der Waals surface area contributed by atoms with E-state index in [2.05, 4.69) is 29.0 Å². The molecule has 1 aromatic rings. The van der Waals surface area contributed by atoms with Crippen molar-refractivity contribution in [1.29, 1.82) is 0 Å². The van der Waals surface area contributed by atoms with Gasteiger partial charge in [-0.25, -0.2) is 9.78 Å². The standard InChI is InChI=1S/C16H23N3O3S/c1-4-19(5-2)13-7-6-12(10-17-13)14(20)18-16(15(21)22-3)8-9-23-11-16/h6-7,10H,4-5,8-9,11H2,1-3H3,(H,18,20)/t16-/m0/s1. The van der Waals surface area contributed by atoms with Gasteiger partial charge in [0.2, 0.25) is 0 Å². The molecule has 0 saturated carbocycles. The third kappa shape index (κ3) is 3.77. The quantitative estimate of drug-likeness (QED) is 0.797. The summed E-state index contributed by atoms with van der Waals surface area (Å²) in [7, 11) is 1.35. The fourth-order valence-electron chi connectivity index (χ4n) is 2.62. The minimum atomic E-state index is -0.923. The number of carbonyl (C=O) groups excluding carboxylic acids is 2. The second-order valence-corrected chi connectivity index (χ2v) is 6.51. The van der Waals surface area contributed by atoms with Crippen LogP contribution >= 0.6 is 11.8 Å². The van der Waals surface area contributed by atoms with E-state index in [-0.39, 0.29) is 11.9 Å². The molecule has 0 spiro atoms. The number of thioether (sulfide) groups is 1. The number of methoxy groups -OCH3 is 1. The average molecular weight is 337 g/mol. The van der Waals surface area contributed by atoms with Crippen LogP contribution < -0.4 is 10.2 Å². The summed E-state index contributed by atoms with van der Waals surface area (Å²) in [5, 5.41) is 2.85. The molecule has 1 fully saturated rings. The number of hydrogen-bond donors (Lipinski definition) is 1. The summed E-state index contributed by atoms with van der Waals surface area (Å²) in [6, 6.07) is 3.57. The van der Waals surface area contributed by atoms with Crippen molar-refractivity contribution in [3.05, 3.63) is 23.9 Å². The molecule has 7 heteroatoms. The first-order chi connectivity index (χ1) is 11.1. The van der Waals surface area contributed by atoms with Gasteiger partial charge < -0.3 is 15.0 Å². The van der Waals surface area contributed by atoms with E-state index in [9.17, 15) is 9.59 Å². The van der Waals surface area contributed by atoms with Crippen molar-refractivity contribution in [2.75, 3.05) is 36.6 Å². The first-order valence-electron chi connectivity index (χ1n) is 7.76. The molecule has 23 heavy (non-hydrogen) atoms. The van der Waals surface area contributed by atoms with Crippen LogP contribution in [0.2, 0.25) is 0 Å². The topological polar surface area (TPSA) is 71.5 Å². The van der Waals surface area contributed by atoms with Crippen LogP contribution in [0.25, 0.3) is 0 Å². The second kappa shape index (κ2) is 7.68. The lowest BCUT2D eigenvalue weighted by molar-refractivity contribution is -0.147. The lowest BCUT2D eigenvalue weighted by Gasteiger charge is -2.26. The Balaban J connectivity index is 2.12. The molecule has 0 radical (unpaired) electrons. The monoisotopic (exact) mass is 337 g/mol. The summed E-state index contributed by atoms with van der Waals surface area (Å²) in [5.74, 6) is 1.52. The zero-order valence-corrected chi connectivity index (χ0v) is 14.6. The third-order valence-electron chi connectivity index (χ3n) is 4.05. The van der Waals surface area contributed by atoms with Crippen molar-refractivity contribution in [3.8, 4) is 0 Å². The highest BCUT2D eigenvalue weighted by Gasteiger charge is 2.44. The number of ether oxygens (including phenoxy) is 1. The first-order valence-corrected chi connectivity index (χ1v) is 8.91. The number of anilines is 1. The molecule has 1 aromatic heterocycles. The molecule has 1 saturated heterocycles. The van der Waals surface area contributed by atoms with Crippen molar-refractivity contribution < 1.29 is 14.3 Å². The van der Waals surface area contributed by atoms with Crippen LogP contribution in [0.1, 0.15) is 30.6 Å². The van der Waals surface area contributed by atoms with Gasteiger partial charge in [0.05, 0.1) is 12.7 Å². The number of pyridine rings is 1. The maximum atomic E-state index is 12.5. The van der Waals surface area contributed by atoms with Crippen LogP contribution in [-0.2, 0) is 9.53 Å². The molecular formula is C16H23N3O3S. The summed E-state index contributed by atoms with van der Waals surface area (Å²) < 4.78 is 4.86. The molecule has 0 unspecified atom stereocenters. The Morgan fingerprint density at radius 3 is 2.61 bits per heavy atom. The molecule has 1 atom stereocenters. The molecule has 6 nitrogen and oxygen atoms in total. The largest absolute Gasteiger partial charge is 0.467 e. The Morgan fingerprint density at radius 1 is 1.39 bits per heavy atom. The Labute approximate surface area is 141 Å². The van der Waals surface area contributed by atoms with E-state index in [1.54, 1.807) is 24.0 Å². The van der Waals surface area contributed by atoms with Gasteiger partial charge in [-0.1, -0.05) is 0 Å². The van der Waals surface area contributed by atoms with Gasteiger partial charge in [-0.2, -0.15) is 11.8 Å². The SMILES string of the molecule is CCN(CC)c1ccc(C(=O)N[C@@]2(C(=O)OC)CCSC2)cn1. The summed E-state index contributed by atoms with van der Waals surface area (Å²) in [5.41, 5.74) is -0.477. The number of carbonyl (C=O) groups is 2. The predicted octanol–water partition coefficient (Wildman–Crippen LogP) is 1.71. The van der Waals surface area contributed by atoms with Crippen molar-refractivity contribution in [2.45, 2.75) is 25.8 Å². The Morgan fingerprint density at radius 2 is 2.13 bits per heavy atom. The van der Waals surface area contributed by atoms with E-state index in [4.69, 9.17) is 4.74 Å². The van der Waals surface area contributed by atoms with E-state index < -0.39 is 5.54 Å². The number of rotatable bonds is 6. The smallest absolute Gasteiger partial charge is 0.332 e. The van der Waals surface area contributed by atoms with Crippen LogP contribution in [0.15, 0.2) is 18.3 Å². The maximum absolute atomic E-state index is 12.5. The first kappa shape index (κ1) is 17.6. The molecule has 0 aromatic carbocycles. The molecule has 2 heterocycles. The minimum Gasteiger partial charge on any atom is -0.467 e. The summed E-state index contributed by atoms with van der Waals surface area (Å²) in [6.07, 6.45) is 2.14. The highest BCUT2D eigenvalue weighted by Crippen LogP contribution is 2.29. The molecule has 0 bridgehead atoms. The van der Waals surface area contributed by atoms with Gasteiger partial charge in [-0.05, 0) is 38.2 Å². The number of nitrogens with one attached hydrogen (secondary N) is 1. The van der Waals surface area contributed by atoms with Gasteiger partial charge in [0, 0.05) is 25.0 Å². The van der Waals surface area contributed by atoms with E-state index in [1.807, 2.05) is 6.07 Å². The summed E-state index contributed by atoms with van der Waals surface area (Å²) in [4.78, 5) is 31.0. The molecular weight excluding hydrogens is 314 g/mol. The van der Waals surface area contributed by atoms with Gasteiger partial charge >= 0.3 is 5.97 Å². The van der Waals surface area contributed by atoms with Gasteiger partial charge in [0.1, 0.15) is 11.4 Å². The average Bonchev–Trinajstić information content (AvgIpc) is 3.05. The van der Waals surface area contributed by atoms with Gasteiger partial charge in [-0.15, -0.1) is 0 Å². The van der Waals surface area contributed by atoms with Crippen molar-refractivity contribution >= 4 is 29.5 Å². The number of nitrogens with zero attached hydrogens (tertiary/aromatic N) is 2.